The number of rotatable bonds is 19. The highest BCUT2D eigenvalue weighted by atomic mass is 32.2. The molecule has 3 heterocycles. The summed E-state index contributed by atoms with van der Waals surface area (Å²) in [7, 11) is -9.67. The van der Waals surface area contributed by atoms with E-state index in [1.165, 1.54) is 0 Å². The summed E-state index contributed by atoms with van der Waals surface area (Å²) in [6.07, 6.45) is 11.1. The molecule has 1 aliphatic carbocycles. The van der Waals surface area contributed by atoms with Crippen LogP contribution in [0.5, 0.6) is 0 Å². The summed E-state index contributed by atoms with van der Waals surface area (Å²) >= 11 is 0. The van der Waals surface area contributed by atoms with Crippen LogP contribution >= 0.6 is 0 Å². The van der Waals surface area contributed by atoms with Crippen molar-refractivity contribution in [1.82, 2.24) is 10.6 Å². The Morgan fingerprint density at radius 2 is 1.52 bits per heavy atom. The van der Waals surface area contributed by atoms with Crippen LogP contribution in [0.4, 0.5) is 17.1 Å². The second-order valence-corrected chi connectivity index (χ2v) is 23.9. The molecule has 15 nitrogen and oxygen atoms in total. The topological polar surface area (TPSA) is 218 Å². The Bertz CT molecular complexity index is 3490. The molecule has 5 aromatic carbocycles. The van der Waals surface area contributed by atoms with Crippen LogP contribution in [0.25, 0.3) is 21.5 Å². The number of nitrogens with zero attached hydrogens (tertiary/aromatic N) is 2. The first-order valence-corrected chi connectivity index (χ1v) is 28.8. The highest BCUT2D eigenvalue weighted by Crippen LogP contribution is 2.51. The number of amides is 2. The lowest BCUT2D eigenvalue weighted by Crippen LogP contribution is -2.33. The first-order valence-electron chi connectivity index (χ1n) is 25.6. The van der Waals surface area contributed by atoms with Crippen LogP contribution in [0.1, 0.15) is 89.3 Å². The van der Waals surface area contributed by atoms with Gasteiger partial charge in [0.25, 0.3) is 10.1 Å². The van der Waals surface area contributed by atoms with E-state index in [0.29, 0.717) is 37.4 Å². The Kier molecular flexibility index (Phi) is 15.4. The van der Waals surface area contributed by atoms with Crippen LogP contribution in [0.15, 0.2) is 138 Å². The molecule has 0 aromatic heterocycles. The molecule has 2 amide bonds. The third-order valence-corrected chi connectivity index (χ3v) is 16.5. The zero-order valence-electron chi connectivity index (χ0n) is 42.8. The molecule has 75 heavy (non-hydrogen) atoms. The summed E-state index contributed by atoms with van der Waals surface area (Å²) in [6, 6.07) is 29.9. The molecular formula is C57H64BN5O10S2. The van der Waals surface area contributed by atoms with E-state index in [1.807, 2.05) is 24.3 Å². The Morgan fingerprint density at radius 1 is 0.813 bits per heavy atom. The van der Waals surface area contributed by atoms with Crippen LogP contribution in [-0.2, 0) is 51.9 Å². The number of benzene rings is 5. The number of hydrogen-bond acceptors (Lipinski definition) is 11. The summed E-state index contributed by atoms with van der Waals surface area (Å²) in [4.78, 5) is 28.2. The molecule has 0 saturated heterocycles. The summed E-state index contributed by atoms with van der Waals surface area (Å²) < 4.78 is 76.4. The van der Waals surface area contributed by atoms with Crippen LogP contribution in [0, 0.1) is 0 Å². The summed E-state index contributed by atoms with van der Waals surface area (Å²) in [6.45, 7) is 10.3. The molecule has 5 N–H and O–H groups in total. The van der Waals surface area contributed by atoms with Gasteiger partial charge in [0.15, 0.2) is 5.71 Å². The van der Waals surface area contributed by atoms with Gasteiger partial charge in [-0.05, 0) is 119 Å². The van der Waals surface area contributed by atoms with Crippen molar-refractivity contribution >= 4 is 89.0 Å². The molecule has 0 atom stereocenters. The van der Waals surface area contributed by atoms with Crippen molar-refractivity contribution in [2.45, 2.75) is 90.1 Å². The average Bonchev–Trinajstić information content (AvgIpc) is 3.95. The van der Waals surface area contributed by atoms with E-state index >= 15 is 0 Å². The van der Waals surface area contributed by atoms with Gasteiger partial charge < -0.3 is 35.1 Å². The van der Waals surface area contributed by atoms with Crippen molar-refractivity contribution in [3.63, 3.8) is 0 Å². The minimum Gasteiger partial charge on any atom is -0.748 e. The van der Waals surface area contributed by atoms with E-state index in [0.717, 1.165) is 97.1 Å². The molecule has 5 aromatic rings. The van der Waals surface area contributed by atoms with Gasteiger partial charge in [-0.2, -0.15) is 13.0 Å². The number of nitrogens with one attached hydrogen (secondary N) is 3. The SMILES string of the molecule is CC1(C)C(=CC=C2CCCC(C=CC3=[N+](CCCS(=O)(=O)[O-])c4ccc5ccccc5c4C3(C)C)=C2NCCNC(=O)CCC(=O)Nc2ccc3c(c2)B(O)OC3)N(CCCS(=O)(=O)O)c2ccc3ccccc3c21. The number of fused-ring (bicyclic) bond motifs is 7. The predicted octanol–water partition coefficient (Wildman–Crippen LogP) is 7.53. The van der Waals surface area contributed by atoms with Gasteiger partial charge in [-0.3, -0.25) is 14.1 Å². The minimum atomic E-state index is -4.44. The minimum absolute atomic E-state index is 0.0323. The normalized spacial score (nSPS) is 18.2. The van der Waals surface area contributed by atoms with Crippen LogP contribution in [-0.4, -0.2) is 97.9 Å². The molecule has 0 unspecified atom stereocenters. The highest BCUT2D eigenvalue weighted by molar-refractivity contribution is 7.85. The molecule has 0 saturated carbocycles. The van der Waals surface area contributed by atoms with Crippen molar-refractivity contribution < 1.29 is 49.8 Å². The number of hydrogen-bond donors (Lipinski definition) is 5. The fraction of sp³-hybridized carbons (Fsp3) is 0.351. The van der Waals surface area contributed by atoms with Gasteiger partial charge in [0.05, 0.1) is 27.9 Å². The van der Waals surface area contributed by atoms with Gasteiger partial charge >= 0.3 is 7.12 Å². The molecule has 18 heteroatoms. The van der Waals surface area contributed by atoms with E-state index in [4.69, 9.17) is 4.65 Å². The van der Waals surface area contributed by atoms with Gasteiger partial charge in [0, 0.05) is 90.5 Å². The largest absolute Gasteiger partial charge is 0.748 e. The maximum atomic E-state index is 13.1. The van der Waals surface area contributed by atoms with E-state index in [-0.39, 0.29) is 49.8 Å². The molecule has 0 bridgehead atoms. The fourth-order valence-corrected chi connectivity index (χ4v) is 12.4. The predicted molar refractivity (Wildman–Crippen MR) is 295 cm³/mol. The van der Waals surface area contributed by atoms with E-state index in [2.05, 4.69) is 126 Å². The van der Waals surface area contributed by atoms with Gasteiger partial charge in [0.2, 0.25) is 17.5 Å². The van der Waals surface area contributed by atoms with Gasteiger partial charge in [0.1, 0.15) is 6.54 Å². The number of allylic oxidation sites excluding steroid dienone is 7. The van der Waals surface area contributed by atoms with Crippen LogP contribution in [0.3, 0.4) is 0 Å². The molecule has 4 aliphatic rings. The summed E-state index contributed by atoms with van der Waals surface area (Å²) in [5.41, 5.74) is 10.0. The molecule has 0 spiro atoms. The standard InChI is InChI=1S/C57H64BN5O10S2/c1-56(2)49(62(32-10-34-74(67,68)69)47-24-19-38-12-5-7-16-44(38)53(47)56)26-21-40-14-9-15-41(55(40)60-31-30-59-51(64)28-29-52(65)61-43-23-18-42-37-73-58(66)46(42)36-43)22-27-50-57(3,4)54-45-17-8-6-13-39(45)20-25-48(54)63(50)33-11-35-75(70,71)72/h5-8,12-13,16-27,36,66H,9-11,14-15,28-35,37H2,1-4H3,(H4,59,61,64,65,67,68,69,70,71,72). The number of carbonyl (C=O) groups excluding carboxylic acids is 2. The van der Waals surface area contributed by atoms with Gasteiger partial charge in [-0.15, -0.1) is 0 Å². The third-order valence-electron chi connectivity index (χ3n) is 14.9. The monoisotopic (exact) mass is 1050 g/mol. The van der Waals surface area contributed by atoms with E-state index in [9.17, 15) is 40.6 Å². The van der Waals surface area contributed by atoms with Crippen molar-refractivity contribution in [3.05, 3.63) is 155 Å². The lowest BCUT2D eigenvalue weighted by Gasteiger charge is -2.28. The number of carbonyl (C=O) groups is 2. The second-order valence-electron chi connectivity index (χ2n) is 20.8. The van der Waals surface area contributed by atoms with Crippen LogP contribution in [0.2, 0.25) is 0 Å². The first kappa shape index (κ1) is 53.4. The smallest absolute Gasteiger partial charge is 0.491 e. The molecule has 3 aliphatic heterocycles. The second kappa shape index (κ2) is 21.7. The molecule has 9 rings (SSSR count). The first-order chi connectivity index (χ1) is 35.7. The van der Waals surface area contributed by atoms with Crippen molar-refractivity contribution in [3.8, 4) is 0 Å². The maximum Gasteiger partial charge on any atom is 0.491 e. The lowest BCUT2D eigenvalue weighted by atomic mass is 9.78. The zero-order chi connectivity index (χ0) is 53.3. The Morgan fingerprint density at radius 3 is 2.25 bits per heavy atom. The fourth-order valence-electron chi connectivity index (χ4n) is 11.4. The average molecular weight is 1050 g/mol. The Hall–Kier alpha value is -6.41. The summed E-state index contributed by atoms with van der Waals surface area (Å²) in [5, 5.41) is 23.9. The Labute approximate surface area is 439 Å². The van der Waals surface area contributed by atoms with Crippen molar-refractivity contribution in [1.29, 1.82) is 0 Å². The lowest BCUT2D eigenvalue weighted by molar-refractivity contribution is -0.437. The Balaban J connectivity index is 1.03. The molecule has 0 fully saturated rings. The maximum absolute atomic E-state index is 13.1. The quantitative estimate of drug-likeness (QED) is 0.0235. The number of anilines is 2. The van der Waals surface area contributed by atoms with Crippen LogP contribution < -0.4 is 26.3 Å². The van der Waals surface area contributed by atoms with E-state index in [1.54, 1.807) is 18.2 Å². The highest BCUT2D eigenvalue weighted by Gasteiger charge is 2.46. The third kappa shape index (κ3) is 11.7. The van der Waals surface area contributed by atoms with Gasteiger partial charge in [-0.1, -0.05) is 86.7 Å². The van der Waals surface area contributed by atoms with Gasteiger partial charge in [-0.25, -0.2) is 8.42 Å². The molecular weight excluding hydrogens is 990 g/mol. The molecule has 0 radical (unpaired) electrons. The summed E-state index contributed by atoms with van der Waals surface area (Å²) in [5.74, 6) is -1.48. The van der Waals surface area contributed by atoms with E-state index < -0.39 is 43.9 Å². The van der Waals surface area contributed by atoms with Crippen molar-refractivity contribution in [2.24, 2.45) is 0 Å². The van der Waals surface area contributed by atoms with Crippen molar-refractivity contribution in [2.75, 3.05) is 47.9 Å². The zero-order valence-corrected chi connectivity index (χ0v) is 44.5. The molecule has 392 valence electrons.